The van der Waals surface area contributed by atoms with Crippen LogP contribution in [0.2, 0.25) is 0 Å². The van der Waals surface area contributed by atoms with Crippen molar-refractivity contribution < 1.29 is 9.90 Å². The van der Waals surface area contributed by atoms with Gasteiger partial charge in [0.15, 0.2) is 5.16 Å². The van der Waals surface area contributed by atoms with Crippen LogP contribution < -0.4 is 0 Å². The summed E-state index contributed by atoms with van der Waals surface area (Å²) in [5.41, 5.74) is 0. The predicted octanol–water partition coefficient (Wildman–Crippen LogP) is 3.33. The summed E-state index contributed by atoms with van der Waals surface area (Å²) in [6.07, 6.45) is 6.01. The van der Waals surface area contributed by atoms with Crippen molar-refractivity contribution >= 4 is 17.7 Å². The van der Waals surface area contributed by atoms with E-state index in [2.05, 4.69) is 28.6 Å². The highest BCUT2D eigenvalue weighted by molar-refractivity contribution is 7.99. The summed E-state index contributed by atoms with van der Waals surface area (Å²) >= 11 is 1.31. The fourth-order valence-corrected chi connectivity index (χ4v) is 4.20. The molecule has 2 aliphatic rings. The first-order valence-electron chi connectivity index (χ1n) is 7.85. The van der Waals surface area contributed by atoms with E-state index in [0.29, 0.717) is 17.9 Å². The number of hydrogen-bond donors (Lipinski definition) is 1. The zero-order chi connectivity index (χ0) is 15.0. The number of carboxylic acids is 1. The van der Waals surface area contributed by atoms with E-state index in [0.717, 1.165) is 23.3 Å². The molecule has 2 aliphatic carbocycles. The van der Waals surface area contributed by atoms with Crippen molar-refractivity contribution in [3.05, 3.63) is 5.82 Å². The summed E-state index contributed by atoms with van der Waals surface area (Å²) in [5.74, 6) is 2.28. The minimum absolute atomic E-state index is 0.0559. The van der Waals surface area contributed by atoms with E-state index < -0.39 is 5.97 Å². The summed E-state index contributed by atoms with van der Waals surface area (Å²) in [6, 6.07) is 0.433. The van der Waals surface area contributed by atoms with Crippen LogP contribution >= 0.6 is 11.8 Å². The molecule has 6 heteroatoms. The lowest BCUT2D eigenvalue weighted by Crippen LogP contribution is -2.26. The van der Waals surface area contributed by atoms with Crippen molar-refractivity contribution in [2.45, 2.75) is 63.1 Å². The molecule has 0 radical (unpaired) electrons. The number of rotatable bonds is 5. The summed E-state index contributed by atoms with van der Waals surface area (Å²) in [6.45, 7) is 4.63. The minimum Gasteiger partial charge on any atom is -0.481 e. The largest absolute Gasteiger partial charge is 0.481 e. The van der Waals surface area contributed by atoms with Crippen LogP contribution in [0.5, 0.6) is 0 Å². The monoisotopic (exact) mass is 309 g/mol. The van der Waals surface area contributed by atoms with Gasteiger partial charge in [-0.3, -0.25) is 4.79 Å². The van der Waals surface area contributed by atoms with E-state index >= 15 is 0 Å². The molecule has 3 rings (SSSR count). The third-order valence-electron chi connectivity index (χ3n) is 4.68. The lowest BCUT2D eigenvalue weighted by atomic mass is 9.79. The highest BCUT2D eigenvalue weighted by Gasteiger charge is 2.36. The molecule has 0 bridgehead atoms. The van der Waals surface area contributed by atoms with E-state index in [1.54, 1.807) is 0 Å². The number of hydrogen-bond acceptors (Lipinski definition) is 4. The van der Waals surface area contributed by atoms with Gasteiger partial charge < -0.3 is 9.67 Å². The molecular weight excluding hydrogens is 286 g/mol. The van der Waals surface area contributed by atoms with E-state index in [-0.39, 0.29) is 5.75 Å². The maximum absolute atomic E-state index is 10.8. The first kappa shape index (κ1) is 14.9. The van der Waals surface area contributed by atoms with Gasteiger partial charge >= 0.3 is 5.97 Å². The Morgan fingerprint density at radius 2 is 2.05 bits per heavy atom. The van der Waals surface area contributed by atoms with Gasteiger partial charge in [0.25, 0.3) is 0 Å². The van der Waals surface area contributed by atoms with Crippen LogP contribution in [0.1, 0.15) is 63.7 Å². The Bertz CT molecular complexity index is 527. The first-order chi connectivity index (χ1) is 10.1. The highest BCUT2D eigenvalue weighted by Crippen LogP contribution is 2.45. The van der Waals surface area contributed by atoms with E-state index in [1.807, 2.05) is 0 Å². The zero-order valence-electron chi connectivity index (χ0n) is 12.7. The molecule has 5 nitrogen and oxygen atoms in total. The van der Waals surface area contributed by atoms with Crippen LogP contribution in [0, 0.1) is 11.8 Å². The van der Waals surface area contributed by atoms with Crippen LogP contribution in [0.4, 0.5) is 0 Å². The van der Waals surface area contributed by atoms with E-state index in [4.69, 9.17) is 5.11 Å². The maximum Gasteiger partial charge on any atom is 0.313 e. The quantitative estimate of drug-likeness (QED) is 0.845. The van der Waals surface area contributed by atoms with Gasteiger partial charge in [-0.15, -0.1) is 10.2 Å². The Kier molecular flexibility index (Phi) is 4.24. The number of nitrogens with zero attached hydrogens (tertiary/aromatic N) is 3. The van der Waals surface area contributed by atoms with Gasteiger partial charge in [0.05, 0.1) is 5.75 Å². The standard InChI is InChI=1S/C15H23N3O2S/c1-9-3-6-12(10(2)7-9)18-14(11-4-5-11)16-17-15(18)21-8-13(19)20/h9-12H,3-8H2,1-2H3,(H,19,20). The number of aromatic nitrogens is 3. The Labute approximate surface area is 129 Å². The number of aliphatic carboxylic acids is 1. The van der Waals surface area contributed by atoms with Gasteiger partial charge in [-0.1, -0.05) is 25.6 Å². The normalized spacial score (nSPS) is 29.5. The summed E-state index contributed by atoms with van der Waals surface area (Å²) in [7, 11) is 0. The van der Waals surface area contributed by atoms with E-state index in [9.17, 15) is 4.79 Å². The maximum atomic E-state index is 10.8. The van der Waals surface area contributed by atoms with Crippen LogP contribution in [-0.2, 0) is 4.79 Å². The Morgan fingerprint density at radius 1 is 1.29 bits per heavy atom. The van der Waals surface area contributed by atoms with Gasteiger partial charge in [0, 0.05) is 12.0 Å². The smallest absolute Gasteiger partial charge is 0.313 e. The third kappa shape index (κ3) is 3.25. The molecule has 1 heterocycles. The number of carboxylic acid groups (broad SMARTS) is 1. The second-order valence-corrected chi connectivity index (χ2v) is 7.57. The van der Waals surface area contributed by atoms with Gasteiger partial charge in [0.1, 0.15) is 5.82 Å². The van der Waals surface area contributed by atoms with Crippen LogP contribution in [-0.4, -0.2) is 31.6 Å². The number of thioether (sulfide) groups is 1. The van der Waals surface area contributed by atoms with Crippen molar-refractivity contribution in [2.24, 2.45) is 11.8 Å². The lowest BCUT2D eigenvalue weighted by molar-refractivity contribution is -0.133. The molecular formula is C15H23N3O2S. The van der Waals surface area contributed by atoms with Crippen LogP contribution in [0.3, 0.4) is 0 Å². The Morgan fingerprint density at radius 3 is 2.67 bits per heavy atom. The summed E-state index contributed by atoms with van der Waals surface area (Å²) in [4.78, 5) is 10.8. The molecule has 21 heavy (non-hydrogen) atoms. The van der Waals surface area contributed by atoms with Gasteiger partial charge in [-0.2, -0.15) is 0 Å². The average Bonchev–Trinajstić information content (AvgIpc) is 3.18. The van der Waals surface area contributed by atoms with Gasteiger partial charge in [-0.05, 0) is 43.9 Å². The second kappa shape index (κ2) is 5.99. The van der Waals surface area contributed by atoms with Gasteiger partial charge in [-0.25, -0.2) is 0 Å². The topological polar surface area (TPSA) is 68.0 Å². The second-order valence-electron chi connectivity index (χ2n) is 6.63. The molecule has 1 N–H and O–H groups in total. The molecule has 3 atom stereocenters. The molecule has 3 unspecified atom stereocenters. The fourth-order valence-electron chi connectivity index (χ4n) is 3.48. The minimum atomic E-state index is -0.798. The molecule has 0 spiro atoms. The van der Waals surface area contributed by atoms with Crippen molar-refractivity contribution in [1.29, 1.82) is 0 Å². The third-order valence-corrected chi connectivity index (χ3v) is 5.60. The van der Waals surface area contributed by atoms with Gasteiger partial charge in [0.2, 0.25) is 0 Å². The Balaban J connectivity index is 1.86. The molecule has 0 aromatic carbocycles. The fraction of sp³-hybridized carbons (Fsp3) is 0.800. The molecule has 0 amide bonds. The SMILES string of the molecule is CC1CCC(n2c(SCC(=O)O)nnc2C2CC2)C(C)C1. The van der Waals surface area contributed by atoms with E-state index in [1.165, 1.54) is 37.4 Å². The zero-order valence-corrected chi connectivity index (χ0v) is 13.5. The first-order valence-corrected chi connectivity index (χ1v) is 8.84. The molecule has 0 aliphatic heterocycles. The van der Waals surface area contributed by atoms with Crippen molar-refractivity contribution in [1.82, 2.24) is 14.8 Å². The van der Waals surface area contributed by atoms with Crippen molar-refractivity contribution in [3.63, 3.8) is 0 Å². The summed E-state index contributed by atoms with van der Waals surface area (Å²) < 4.78 is 2.28. The molecule has 1 aromatic heterocycles. The Hall–Kier alpha value is -1.04. The molecule has 2 saturated carbocycles. The highest BCUT2D eigenvalue weighted by atomic mass is 32.2. The molecule has 116 valence electrons. The molecule has 2 fully saturated rings. The van der Waals surface area contributed by atoms with Crippen LogP contribution in [0.15, 0.2) is 5.16 Å². The van der Waals surface area contributed by atoms with Crippen molar-refractivity contribution in [3.8, 4) is 0 Å². The molecule has 1 aromatic rings. The summed E-state index contributed by atoms with van der Waals surface area (Å²) in [5, 5.41) is 18.4. The van der Waals surface area contributed by atoms with Crippen molar-refractivity contribution in [2.75, 3.05) is 5.75 Å². The lowest BCUT2D eigenvalue weighted by Gasteiger charge is -2.34. The number of carbonyl (C=O) groups is 1. The average molecular weight is 309 g/mol. The molecule has 0 saturated heterocycles. The predicted molar refractivity (Wildman–Crippen MR) is 81.6 cm³/mol. The van der Waals surface area contributed by atoms with Crippen LogP contribution in [0.25, 0.3) is 0 Å².